The van der Waals surface area contributed by atoms with Crippen molar-refractivity contribution in [3.8, 4) is 0 Å². The molecule has 3 nitrogen and oxygen atoms in total. The molecule has 0 aliphatic heterocycles. The molecule has 0 spiro atoms. The Morgan fingerprint density at radius 1 is 1.47 bits per heavy atom. The first-order chi connectivity index (χ1) is 9.33. The van der Waals surface area contributed by atoms with Gasteiger partial charge in [0, 0.05) is 30.6 Å². The van der Waals surface area contributed by atoms with E-state index in [0.29, 0.717) is 6.04 Å². The van der Waals surface area contributed by atoms with Crippen LogP contribution in [0.4, 0.5) is 0 Å². The molecule has 1 aliphatic carbocycles. The largest absolute Gasteiger partial charge is 0.308 e. The molecule has 0 amide bonds. The van der Waals surface area contributed by atoms with Gasteiger partial charge < -0.3 is 5.32 Å². The van der Waals surface area contributed by atoms with E-state index in [1.54, 1.807) is 11.3 Å². The highest BCUT2D eigenvalue weighted by molar-refractivity contribution is 7.09. The van der Waals surface area contributed by atoms with Gasteiger partial charge in [-0.3, -0.25) is 4.98 Å². The topological polar surface area (TPSA) is 37.8 Å². The van der Waals surface area contributed by atoms with Crippen LogP contribution in [0, 0.1) is 6.92 Å². The molecule has 2 heterocycles. The van der Waals surface area contributed by atoms with Crippen LogP contribution in [0.2, 0.25) is 0 Å². The first-order valence-electron chi connectivity index (χ1n) is 6.91. The molecule has 0 radical (unpaired) electrons. The molecule has 100 valence electrons. The predicted octanol–water partition coefficient (Wildman–Crippen LogP) is 3.06. The second kappa shape index (κ2) is 5.80. The number of nitrogens with zero attached hydrogens (tertiary/aromatic N) is 2. The molecule has 1 atom stereocenters. The Balaban J connectivity index is 1.59. The average Bonchev–Trinajstić information content (AvgIpc) is 2.85. The standard InChI is InChI=1S/C15H19N3S/c1-11-18-13(10-19-11)7-9-16-14-6-2-4-12-5-3-8-17-15(12)14/h3,5,8,10,14,16H,2,4,6-7,9H2,1H3. The predicted molar refractivity (Wildman–Crippen MR) is 78.5 cm³/mol. The lowest BCUT2D eigenvalue weighted by Gasteiger charge is -2.25. The number of fused-ring (bicyclic) bond motifs is 1. The van der Waals surface area contributed by atoms with Crippen LogP contribution in [0.15, 0.2) is 23.7 Å². The van der Waals surface area contributed by atoms with Gasteiger partial charge in [-0.05, 0) is 37.8 Å². The van der Waals surface area contributed by atoms with Gasteiger partial charge in [-0.15, -0.1) is 11.3 Å². The van der Waals surface area contributed by atoms with Crippen LogP contribution in [-0.4, -0.2) is 16.5 Å². The minimum Gasteiger partial charge on any atom is -0.308 e. The number of hydrogen-bond acceptors (Lipinski definition) is 4. The van der Waals surface area contributed by atoms with E-state index in [9.17, 15) is 0 Å². The number of nitrogens with one attached hydrogen (secondary N) is 1. The Bertz CT molecular complexity index is 550. The van der Waals surface area contributed by atoms with Gasteiger partial charge in [-0.25, -0.2) is 4.98 Å². The third-order valence-electron chi connectivity index (χ3n) is 3.63. The summed E-state index contributed by atoms with van der Waals surface area (Å²) < 4.78 is 0. The highest BCUT2D eigenvalue weighted by atomic mass is 32.1. The molecular formula is C15H19N3S. The monoisotopic (exact) mass is 273 g/mol. The van der Waals surface area contributed by atoms with Crippen LogP contribution in [0.1, 0.15) is 40.8 Å². The Kier molecular flexibility index (Phi) is 3.89. The summed E-state index contributed by atoms with van der Waals surface area (Å²) in [6, 6.07) is 4.67. The number of hydrogen-bond donors (Lipinski definition) is 1. The maximum atomic E-state index is 4.55. The maximum absolute atomic E-state index is 4.55. The van der Waals surface area contributed by atoms with Crippen LogP contribution >= 0.6 is 11.3 Å². The van der Waals surface area contributed by atoms with Crippen molar-refractivity contribution in [2.75, 3.05) is 6.54 Å². The summed E-state index contributed by atoms with van der Waals surface area (Å²) in [6.45, 7) is 3.03. The lowest BCUT2D eigenvalue weighted by atomic mass is 9.92. The zero-order valence-electron chi connectivity index (χ0n) is 11.2. The van der Waals surface area contributed by atoms with E-state index in [0.717, 1.165) is 18.0 Å². The molecule has 1 N–H and O–H groups in total. The van der Waals surface area contributed by atoms with Crippen molar-refractivity contribution < 1.29 is 0 Å². The highest BCUT2D eigenvalue weighted by Gasteiger charge is 2.20. The van der Waals surface area contributed by atoms with Crippen LogP contribution in [0.5, 0.6) is 0 Å². The zero-order chi connectivity index (χ0) is 13.1. The van der Waals surface area contributed by atoms with Gasteiger partial charge in [0.05, 0.1) is 16.4 Å². The molecule has 2 aromatic rings. The molecular weight excluding hydrogens is 254 g/mol. The quantitative estimate of drug-likeness (QED) is 0.930. The molecule has 4 heteroatoms. The van der Waals surface area contributed by atoms with Gasteiger partial charge in [0.1, 0.15) is 0 Å². The maximum Gasteiger partial charge on any atom is 0.0897 e. The summed E-state index contributed by atoms with van der Waals surface area (Å²) in [5, 5.41) is 6.95. The summed E-state index contributed by atoms with van der Waals surface area (Å²) in [5.41, 5.74) is 3.87. The summed E-state index contributed by atoms with van der Waals surface area (Å²) in [4.78, 5) is 9.05. The van der Waals surface area contributed by atoms with Crippen LogP contribution < -0.4 is 5.32 Å². The molecule has 2 aromatic heterocycles. The molecule has 19 heavy (non-hydrogen) atoms. The molecule has 0 saturated carbocycles. The molecule has 3 rings (SSSR count). The minimum atomic E-state index is 0.421. The van der Waals surface area contributed by atoms with Crippen LogP contribution in [-0.2, 0) is 12.8 Å². The molecule has 0 fully saturated rings. The lowest BCUT2D eigenvalue weighted by Crippen LogP contribution is -2.28. The summed E-state index contributed by atoms with van der Waals surface area (Å²) >= 11 is 1.73. The number of pyridine rings is 1. The highest BCUT2D eigenvalue weighted by Crippen LogP contribution is 2.27. The lowest BCUT2D eigenvalue weighted by molar-refractivity contribution is 0.451. The molecule has 1 aliphatic rings. The number of rotatable bonds is 4. The van der Waals surface area contributed by atoms with Crippen molar-refractivity contribution in [1.82, 2.24) is 15.3 Å². The van der Waals surface area contributed by atoms with Crippen molar-refractivity contribution in [2.45, 2.75) is 38.6 Å². The van der Waals surface area contributed by atoms with Crippen molar-refractivity contribution >= 4 is 11.3 Å². The fourth-order valence-corrected chi connectivity index (χ4v) is 3.35. The number of aryl methyl sites for hydroxylation is 2. The van der Waals surface area contributed by atoms with Gasteiger partial charge in [0.15, 0.2) is 0 Å². The first-order valence-corrected chi connectivity index (χ1v) is 7.79. The third kappa shape index (κ3) is 3.01. The van der Waals surface area contributed by atoms with Gasteiger partial charge in [0.2, 0.25) is 0 Å². The Morgan fingerprint density at radius 2 is 2.42 bits per heavy atom. The Labute approximate surface area is 118 Å². The van der Waals surface area contributed by atoms with Gasteiger partial charge in [0.25, 0.3) is 0 Å². The van der Waals surface area contributed by atoms with Crippen molar-refractivity contribution in [2.24, 2.45) is 0 Å². The minimum absolute atomic E-state index is 0.421. The smallest absolute Gasteiger partial charge is 0.0897 e. The number of aromatic nitrogens is 2. The average molecular weight is 273 g/mol. The zero-order valence-corrected chi connectivity index (χ0v) is 12.0. The van der Waals surface area contributed by atoms with E-state index in [1.165, 1.54) is 36.2 Å². The first kappa shape index (κ1) is 12.8. The fraction of sp³-hybridized carbons (Fsp3) is 0.467. The van der Waals surface area contributed by atoms with Crippen molar-refractivity contribution in [3.63, 3.8) is 0 Å². The normalized spacial score (nSPS) is 18.3. The second-order valence-electron chi connectivity index (χ2n) is 5.05. The van der Waals surface area contributed by atoms with E-state index in [-0.39, 0.29) is 0 Å². The fourth-order valence-electron chi connectivity index (χ4n) is 2.71. The van der Waals surface area contributed by atoms with Gasteiger partial charge >= 0.3 is 0 Å². The van der Waals surface area contributed by atoms with Crippen molar-refractivity contribution in [3.05, 3.63) is 45.7 Å². The summed E-state index contributed by atoms with van der Waals surface area (Å²) in [6.07, 6.45) is 6.53. The SMILES string of the molecule is Cc1nc(CCNC2CCCc3cccnc32)cs1. The van der Waals surface area contributed by atoms with E-state index >= 15 is 0 Å². The molecule has 0 bridgehead atoms. The second-order valence-corrected chi connectivity index (χ2v) is 6.12. The van der Waals surface area contributed by atoms with E-state index in [1.807, 2.05) is 12.3 Å². The van der Waals surface area contributed by atoms with Gasteiger partial charge in [-0.1, -0.05) is 6.07 Å². The summed E-state index contributed by atoms with van der Waals surface area (Å²) in [5.74, 6) is 0. The Hall–Kier alpha value is -1.26. The van der Waals surface area contributed by atoms with Crippen LogP contribution in [0.3, 0.4) is 0 Å². The van der Waals surface area contributed by atoms with Crippen molar-refractivity contribution in [1.29, 1.82) is 0 Å². The van der Waals surface area contributed by atoms with Crippen LogP contribution in [0.25, 0.3) is 0 Å². The molecule has 0 saturated heterocycles. The van der Waals surface area contributed by atoms with E-state index in [4.69, 9.17) is 0 Å². The van der Waals surface area contributed by atoms with E-state index < -0.39 is 0 Å². The van der Waals surface area contributed by atoms with Gasteiger partial charge in [-0.2, -0.15) is 0 Å². The molecule has 1 unspecified atom stereocenters. The van der Waals surface area contributed by atoms with E-state index in [2.05, 4.69) is 33.7 Å². The number of thiazole rings is 1. The molecule has 0 aromatic carbocycles. The third-order valence-corrected chi connectivity index (χ3v) is 4.46. The summed E-state index contributed by atoms with van der Waals surface area (Å²) in [7, 11) is 0. The Morgan fingerprint density at radius 3 is 3.26 bits per heavy atom.